The Bertz CT molecular complexity index is 3030. The van der Waals surface area contributed by atoms with Gasteiger partial charge in [0.2, 0.25) is 65.0 Å². The summed E-state index contributed by atoms with van der Waals surface area (Å²) in [7, 11) is 0. The minimum absolute atomic E-state index is 0.0190. The van der Waals surface area contributed by atoms with Crippen LogP contribution in [0, 0.1) is 23.7 Å². The fourth-order valence-corrected chi connectivity index (χ4v) is 10.1. The van der Waals surface area contributed by atoms with Crippen LogP contribution in [-0.4, -0.2) is 154 Å². The fraction of sp³-hybridized carbons (Fsp3) is 0.578. The van der Waals surface area contributed by atoms with Gasteiger partial charge in [0, 0.05) is 48.8 Å². The van der Waals surface area contributed by atoms with Crippen molar-refractivity contribution >= 4 is 87.8 Å². The number of H-pyrrole nitrogens is 1. The number of amides is 11. The lowest BCUT2D eigenvalue weighted by Gasteiger charge is -2.30. The molecule has 1 aromatic heterocycles. The Balaban J connectivity index is 2.03. The van der Waals surface area contributed by atoms with Crippen molar-refractivity contribution in [2.24, 2.45) is 57.3 Å². The molecule has 2 aromatic carbocycles. The van der Waals surface area contributed by atoms with E-state index in [4.69, 9.17) is 28.7 Å². The summed E-state index contributed by atoms with van der Waals surface area (Å²) in [5, 5.41) is 34.5. The maximum absolute atomic E-state index is 14.9. The number of nitrogens with zero attached hydrogens (tertiary/aromatic N) is 1. The van der Waals surface area contributed by atoms with Crippen LogP contribution in [0.5, 0.6) is 0 Å². The molecule has 1 unspecified atom stereocenters. The summed E-state index contributed by atoms with van der Waals surface area (Å²) in [5.41, 5.74) is 29.2. The van der Waals surface area contributed by atoms with Gasteiger partial charge in [-0.2, -0.15) is 0 Å². The number of rotatable bonds is 43. The van der Waals surface area contributed by atoms with E-state index in [-0.39, 0.29) is 62.4 Å². The van der Waals surface area contributed by atoms with Gasteiger partial charge in [0.05, 0.1) is 6.42 Å². The smallest absolute Gasteiger partial charge is 0.303 e. The molecule has 11 atom stereocenters. The topological polar surface area (TPSA) is 492 Å². The number of guanidine groups is 1. The molecule has 0 aliphatic rings. The van der Waals surface area contributed by atoms with E-state index in [0.717, 1.165) is 0 Å². The summed E-state index contributed by atoms with van der Waals surface area (Å²) in [6.07, 6.45) is 2.45. The average molecular weight is 1300 g/mol. The Hall–Kier alpha value is -9.15. The van der Waals surface area contributed by atoms with E-state index in [2.05, 4.69) is 57.8 Å². The fourth-order valence-electron chi connectivity index (χ4n) is 10.1. The SMILES string of the molecule is CC[C@H](C)C(NC(=O)[C@H](Cc1ccccc1)NC(=O)[C@H](CC(C)C)NC(=O)[C@@H](C)CCCCN=C(N)N)C(=O)N[C@@H](CCC(=O)O)C(=O)N[C@@H](Cc1c[nH]c2ccccc12)C(=O)N[C@@H](CC(C)C)C(=O)N[C@@H](CCCCN)C(=O)N[C@@H](CC(N)=O)C(=O)N[C@H](C)C(N)=O. The van der Waals surface area contributed by atoms with E-state index in [1.54, 1.807) is 95.4 Å². The number of unbranched alkanes of at least 4 members (excludes halogenated alkanes) is 2. The van der Waals surface area contributed by atoms with Gasteiger partial charge < -0.3 is 86.6 Å². The Morgan fingerprint density at radius 2 is 1.00 bits per heavy atom. The normalized spacial score (nSPS) is 14.8. The summed E-state index contributed by atoms with van der Waals surface area (Å²) in [4.78, 5) is 172. The molecule has 3 rings (SSSR count). The molecule has 0 aliphatic heterocycles. The highest BCUT2D eigenvalue weighted by atomic mass is 16.4. The molecule has 0 fully saturated rings. The lowest BCUT2D eigenvalue weighted by atomic mass is 9.96. The monoisotopic (exact) mass is 1300 g/mol. The lowest BCUT2D eigenvalue weighted by Crippen LogP contribution is -2.61. The van der Waals surface area contributed by atoms with Gasteiger partial charge in [-0.25, -0.2) is 0 Å². The second-order valence-corrected chi connectivity index (χ2v) is 24.5. The molecule has 0 spiro atoms. The number of nitrogens with two attached hydrogens (primary N) is 5. The molecule has 0 aliphatic carbocycles. The summed E-state index contributed by atoms with van der Waals surface area (Å²) in [6.45, 7) is 14.4. The minimum Gasteiger partial charge on any atom is -0.481 e. The number of aliphatic carboxylic acids is 1. The number of carbonyl (C=O) groups excluding carboxylic acids is 11. The highest BCUT2D eigenvalue weighted by molar-refractivity contribution is 6.00. The number of hydrogen-bond donors (Lipinski definition) is 16. The predicted molar refractivity (Wildman–Crippen MR) is 350 cm³/mol. The molecule has 0 saturated carbocycles. The van der Waals surface area contributed by atoms with E-state index < -0.39 is 151 Å². The number of carbonyl (C=O) groups is 12. The van der Waals surface area contributed by atoms with Gasteiger partial charge in [-0.15, -0.1) is 0 Å². The number of benzene rings is 2. The second kappa shape index (κ2) is 40.0. The lowest BCUT2D eigenvalue weighted by molar-refractivity contribution is -0.139. The van der Waals surface area contributed by atoms with Crippen LogP contribution in [0.15, 0.2) is 65.8 Å². The summed E-state index contributed by atoms with van der Waals surface area (Å²) in [6, 6.07) is 3.37. The maximum Gasteiger partial charge on any atom is 0.303 e. The van der Waals surface area contributed by atoms with Crippen molar-refractivity contribution in [1.29, 1.82) is 0 Å². The third kappa shape index (κ3) is 28.1. The number of carboxylic acids is 1. The molecule has 0 radical (unpaired) electrons. The number of aromatic amines is 1. The van der Waals surface area contributed by atoms with Crippen molar-refractivity contribution in [1.82, 2.24) is 52.8 Å². The molecule has 514 valence electrons. The first-order valence-corrected chi connectivity index (χ1v) is 31.8. The van der Waals surface area contributed by atoms with Crippen molar-refractivity contribution in [3.05, 3.63) is 71.9 Å². The van der Waals surface area contributed by atoms with Gasteiger partial charge in [0.15, 0.2) is 5.96 Å². The zero-order valence-corrected chi connectivity index (χ0v) is 54.8. The maximum atomic E-state index is 14.9. The number of hydrogen-bond acceptors (Lipinski definition) is 14. The standard InChI is InChI=1S/C64H100N16O13/c1-9-37(6)53(80-62(92)48(31-40-20-11-10-12-21-40)77-60(90)46(29-35(2)3)75-55(85)38(7)19-16-18-28-70-64(68)69)63(93)74-45(25-26-52(82)83)57(87)78-49(32-41-34-71-43-23-14-13-22-42(41)43)61(91)76-47(30-36(4)5)59(89)73-44(24-15-17-27-65)56(86)79-50(33-51(66)81)58(88)72-39(8)54(67)84/h10-14,20-23,34-39,44-50,53,71H,9,15-19,24-33,65H2,1-8H3,(H2,66,81)(H2,67,84)(H,72,88)(H,73,89)(H,74,93)(H,75,85)(H,76,91)(H,77,90)(H,78,87)(H,79,86)(H,80,92)(H,82,83)(H4,68,69,70)/t37-,38-,39+,44-,45-,46-,47-,48-,49-,50-,53?/m0/s1. The van der Waals surface area contributed by atoms with Crippen molar-refractivity contribution in [2.75, 3.05) is 13.1 Å². The highest BCUT2D eigenvalue weighted by Gasteiger charge is 2.37. The molecule has 29 nitrogen and oxygen atoms in total. The molecule has 29 heteroatoms. The highest BCUT2D eigenvalue weighted by Crippen LogP contribution is 2.21. The number of para-hydroxylation sites is 1. The van der Waals surface area contributed by atoms with Crippen LogP contribution in [0.4, 0.5) is 0 Å². The molecule has 11 amide bonds. The summed E-state index contributed by atoms with van der Waals surface area (Å²) in [5.74, 6) is -12.1. The molecule has 93 heavy (non-hydrogen) atoms. The zero-order chi connectivity index (χ0) is 69.5. The molecule has 0 bridgehead atoms. The number of aromatic nitrogens is 1. The van der Waals surface area contributed by atoms with Crippen LogP contribution in [0.1, 0.15) is 144 Å². The number of carboxylic acid groups (broad SMARTS) is 1. The van der Waals surface area contributed by atoms with Crippen molar-refractivity contribution < 1.29 is 62.6 Å². The van der Waals surface area contributed by atoms with Gasteiger partial charge in [0.25, 0.3) is 0 Å². The molecule has 21 N–H and O–H groups in total. The van der Waals surface area contributed by atoms with Crippen molar-refractivity contribution in [3.8, 4) is 0 Å². The van der Waals surface area contributed by atoms with E-state index in [0.29, 0.717) is 67.1 Å². The average Bonchev–Trinajstić information content (AvgIpc) is 1.81. The number of primary amides is 2. The van der Waals surface area contributed by atoms with Gasteiger partial charge in [0.1, 0.15) is 54.4 Å². The third-order valence-corrected chi connectivity index (χ3v) is 15.6. The number of fused-ring (bicyclic) bond motifs is 1. The van der Waals surface area contributed by atoms with Crippen LogP contribution in [0.3, 0.4) is 0 Å². The quantitative estimate of drug-likeness (QED) is 0.0200. The van der Waals surface area contributed by atoms with E-state index >= 15 is 0 Å². The first-order chi connectivity index (χ1) is 43.9. The van der Waals surface area contributed by atoms with Crippen molar-refractivity contribution in [3.63, 3.8) is 0 Å². The van der Waals surface area contributed by atoms with Gasteiger partial charge in [-0.3, -0.25) is 62.5 Å². The van der Waals surface area contributed by atoms with Crippen LogP contribution in [0.25, 0.3) is 10.9 Å². The Morgan fingerprint density at radius 3 is 1.56 bits per heavy atom. The Labute approximate surface area is 543 Å². The van der Waals surface area contributed by atoms with Crippen LogP contribution in [0.2, 0.25) is 0 Å². The van der Waals surface area contributed by atoms with E-state index in [1.165, 1.54) is 6.92 Å². The number of aliphatic imine (C=N–C) groups is 1. The largest absolute Gasteiger partial charge is 0.481 e. The zero-order valence-electron chi connectivity index (χ0n) is 54.8. The summed E-state index contributed by atoms with van der Waals surface area (Å²) >= 11 is 0. The minimum atomic E-state index is -1.65. The predicted octanol–water partition coefficient (Wildman–Crippen LogP) is -0.0912. The molecule has 1 heterocycles. The van der Waals surface area contributed by atoms with E-state index in [1.807, 2.05) is 13.8 Å². The molecular weight excluding hydrogens is 1200 g/mol. The second-order valence-electron chi connectivity index (χ2n) is 24.5. The molecule has 0 saturated heterocycles. The molecule has 3 aromatic rings. The first-order valence-electron chi connectivity index (χ1n) is 31.8. The van der Waals surface area contributed by atoms with Crippen LogP contribution < -0.4 is 76.5 Å². The third-order valence-electron chi connectivity index (χ3n) is 15.6. The van der Waals surface area contributed by atoms with Gasteiger partial charge >= 0.3 is 5.97 Å². The van der Waals surface area contributed by atoms with E-state index in [9.17, 15) is 62.6 Å². The Kier molecular flexibility index (Phi) is 33.6. The van der Waals surface area contributed by atoms with Crippen LogP contribution >= 0.6 is 0 Å². The summed E-state index contributed by atoms with van der Waals surface area (Å²) < 4.78 is 0. The van der Waals surface area contributed by atoms with Gasteiger partial charge in [-0.1, -0.05) is 110 Å². The Morgan fingerprint density at radius 1 is 0.516 bits per heavy atom. The first kappa shape index (κ1) is 78.1. The molecular formula is C64H100N16O13. The van der Waals surface area contributed by atoms with Crippen molar-refractivity contribution in [2.45, 2.75) is 200 Å². The van der Waals surface area contributed by atoms with Crippen LogP contribution in [-0.2, 0) is 70.4 Å². The van der Waals surface area contributed by atoms with Gasteiger partial charge in [-0.05, 0) is 99.8 Å². The number of nitrogens with one attached hydrogen (secondary N) is 10.